The summed E-state index contributed by atoms with van der Waals surface area (Å²) in [6.07, 6.45) is 0. The maximum atomic E-state index is 12.3. The van der Waals surface area contributed by atoms with Gasteiger partial charge >= 0.3 is 11.9 Å². The van der Waals surface area contributed by atoms with Gasteiger partial charge in [0.15, 0.2) is 0 Å². The number of carboxylic acid groups (broad SMARTS) is 1. The first-order valence-electron chi connectivity index (χ1n) is 6.70. The van der Waals surface area contributed by atoms with Crippen molar-refractivity contribution in [1.29, 1.82) is 0 Å². The first-order valence-corrected chi connectivity index (χ1v) is 8.19. The van der Waals surface area contributed by atoms with Gasteiger partial charge in [-0.15, -0.1) is 0 Å². The van der Waals surface area contributed by atoms with Gasteiger partial charge in [-0.05, 0) is 32.9 Å². The zero-order chi connectivity index (χ0) is 17.9. The van der Waals surface area contributed by atoms with Crippen molar-refractivity contribution in [2.45, 2.75) is 36.8 Å². The zero-order valence-corrected chi connectivity index (χ0v) is 13.9. The minimum absolute atomic E-state index is 0.192. The van der Waals surface area contributed by atoms with E-state index >= 15 is 0 Å². The summed E-state index contributed by atoms with van der Waals surface area (Å²) in [4.78, 5) is 23.6. The van der Waals surface area contributed by atoms with Crippen molar-refractivity contribution in [3.63, 3.8) is 0 Å². The summed E-state index contributed by atoms with van der Waals surface area (Å²) in [5.41, 5.74) is 1.79. The van der Waals surface area contributed by atoms with Crippen LogP contribution in [0.1, 0.15) is 20.8 Å². The van der Waals surface area contributed by atoms with E-state index in [1.54, 1.807) is 6.07 Å². The van der Waals surface area contributed by atoms with Gasteiger partial charge in [0.2, 0.25) is 15.6 Å². The molecule has 0 aromatic heterocycles. The van der Waals surface area contributed by atoms with E-state index < -0.39 is 39.6 Å². The van der Waals surface area contributed by atoms with Crippen molar-refractivity contribution in [2.24, 2.45) is 5.73 Å². The van der Waals surface area contributed by atoms with Crippen LogP contribution in [0.5, 0.6) is 0 Å². The molecule has 0 amide bonds. The smallest absolute Gasteiger partial charge is 0.340 e. The first-order chi connectivity index (χ1) is 10.4. The van der Waals surface area contributed by atoms with E-state index in [2.05, 4.69) is 0 Å². The van der Waals surface area contributed by atoms with Gasteiger partial charge in [0, 0.05) is 6.54 Å². The molecule has 0 spiro atoms. The maximum absolute atomic E-state index is 12.3. The number of esters is 1. The molecule has 0 fully saturated rings. The van der Waals surface area contributed by atoms with Crippen LogP contribution in [0.25, 0.3) is 0 Å². The van der Waals surface area contributed by atoms with Crippen LogP contribution in [0.15, 0.2) is 35.2 Å². The predicted molar refractivity (Wildman–Crippen MR) is 82.0 cm³/mol. The normalized spacial score (nSPS) is 14.8. The molecule has 1 unspecified atom stereocenters. The van der Waals surface area contributed by atoms with Crippen LogP contribution in [0.2, 0.25) is 0 Å². The van der Waals surface area contributed by atoms with Crippen LogP contribution in [0.4, 0.5) is 0 Å². The van der Waals surface area contributed by atoms with Crippen molar-refractivity contribution in [1.82, 2.24) is 4.72 Å². The Morgan fingerprint density at radius 3 is 2.13 bits per heavy atom. The largest absolute Gasteiger partial charge is 0.479 e. The minimum Gasteiger partial charge on any atom is -0.479 e. The van der Waals surface area contributed by atoms with E-state index in [4.69, 9.17) is 10.5 Å². The summed E-state index contributed by atoms with van der Waals surface area (Å²) in [6.45, 7) is 3.78. The standard InChI is InChI=1S/C14H20N2O6S/c1-13(2,3)22-12(19)14(9-15,11(17)18)16-23(20,21)10-7-5-4-6-8-10/h4-8,16H,9,15H2,1-3H3,(H,17,18). The summed E-state index contributed by atoms with van der Waals surface area (Å²) < 4.78 is 31.6. The predicted octanol–water partition coefficient (Wildman–Crippen LogP) is 0.0887. The number of carboxylic acids is 1. The van der Waals surface area contributed by atoms with Crippen molar-refractivity contribution < 1.29 is 27.9 Å². The summed E-state index contributed by atoms with van der Waals surface area (Å²) in [7, 11) is -4.29. The molecule has 0 bridgehead atoms. The number of sulfonamides is 1. The number of hydrogen-bond donors (Lipinski definition) is 3. The van der Waals surface area contributed by atoms with Crippen molar-refractivity contribution >= 4 is 22.0 Å². The maximum Gasteiger partial charge on any atom is 0.340 e. The lowest BCUT2D eigenvalue weighted by molar-refractivity contribution is -0.169. The van der Waals surface area contributed by atoms with E-state index in [1.165, 1.54) is 45.0 Å². The average molecular weight is 344 g/mol. The lowest BCUT2D eigenvalue weighted by Crippen LogP contribution is -2.65. The number of benzene rings is 1. The van der Waals surface area contributed by atoms with Crippen LogP contribution >= 0.6 is 0 Å². The van der Waals surface area contributed by atoms with Gasteiger partial charge in [-0.2, -0.15) is 4.72 Å². The number of carbonyl (C=O) groups is 2. The van der Waals surface area contributed by atoms with Crippen LogP contribution in [-0.2, 0) is 24.3 Å². The number of rotatable bonds is 6. The molecule has 0 aliphatic rings. The molecule has 0 aliphatic carbocycles. The second-order valence-electron chi connectivity index (χ2n) is 5.84. The van der Waals surface area contributed by atoms with Gasteiger partial charge in [0.05, 0.1) is 4.90 Å². The highest BCUT2D eigenvalue weighted by molar-refractivity contribution is 7.89. The SMILES string of the molecule is CC(C)(C)OC(=O)C(CN)(NS(=O)(=O)c1ccccc1)C(=O)O. The van der Waals surface area contributed by atoms with E-state index in [0.29, 0.717) is 0 Å². The summed E-state index contributed by atoms with van der Waals surface area (Å²) >= 11 is 0. The van der Waals surface area contributed by atoms with Gasteiger partial charge in [0.1, 0.15) is 5.60 Å². The summed E-state index contributed by atoms with van der Waals surface area (Å²) in [6, 6.07) is 7.06. The van der Waals surface area contributed by atoms with Gasteiger partial charge in [-0.3, -0.25) is 0 Å². The summed E-state index contributed by atoms with van der Waals surface area (Å²) in [5.74, 6) is -3.02. The Labute approximate surface area is 134 Å². The molecule has 9 heteroatoms. The van der Waals surface area contributed by atoms with Crippen molar-refractivity contribution in [2.75, 3.05) is 6.54 Å². The Hall–Kier alpha value is -1.97. The average Bonchev–Trinajstić information content (AvgIpc) is 2.43. The molecule has 1 rings (SSSR count). The fourth-order valence-corrected chi connectivity index (χ4v) is 2.98. The highest BCUT2D eigenvalue weighted by Crippen LogP contribution is 2.18. The molecule has 1 aromatic rings. The fourth-order valence-electron chi connectivity index (χ4n) is 1.64. The van der Waals surface area contributed by atoms with Crippen LogP contribution in [0.3, 0.4) is 0 Å². The number of aliphatic carboxylic acids is 1. The quantitative estimate of drug-likeness (QED) is 0.491. The lowest BCUT2D eigenvalue weighted by atomic mass is 10.0. The number of carbonyl (C=O) groups excluding carboxylic acids is 1. The van der Waals surface area contributed by atoms with E-state index in [-0.39, 0.29) is 4.90 Å². The molecule has 1 aromatic carbocycles. The second-order valence-corrected chi connectivity index (χ2v) is 7.52. The third kappa shape index (κ3) is 4.50. The van der Waals surface area contributed by atoms with Crippen LogP contribution < -0.4 is 10.5 Å². The van der Waals surface area contributed by atoms with Crippen LogP contribution in [0, 0.1) is 0 Å². The Bertz CT molecular complexity index is 681. The Balaban J connectivity index is 3.28. The Morgan fingerprint density at radius 2 is 1.74 bits per heavy atom. The molecule has 8 nitrogen and oxygen atoms in total. The lowest BCUT2D eigenvalue weighted by Gasteiger charge is -2.30. The molecular formula is C14H20N2O6S. The Morgan fingerprint density at radius 1 is 1.22 bits per heavy atom. The van der Waals surface area contributed by atoms with Gasteiger partial charge in [0.25, 0.3) is 0 Å². The van der Waals surface area contributed by atoms with Crippen LogP contribution in [-0.4, -0.2) is 43.1 Å². The molecule has 23 heavy (non-hydrogen) atoms. The minimum atomic E-state index is -4.29. The first kappa shape index (κ1) is 19.1. The summed E-state index contributed by atoms with van der Waals surface area (Å²) in [5, 5.41) is 9.39. The number of ether oxygens (including phenoxy) is 1. The monoisotopic (exact) mass is 344 g/mol. The van der Waals surface area contributed by atoms with Crippen molar-refractivity contribution in [3.8, 4) is 0 Å². The van der Waals surface area contributed by atoms with Gasteiger partial charge in [-0.1, -0.05) is 18.2 Å². The number of nitrogens with one attached hydrogen (secondary N) is 1. The molecule has 128 valence electrons. The molecule has 0 aliphatic heterocycles. The van der Waals surface area contributed by atoms with Gasteiger partial charge < -0.3 is 15.6 Å². The molecule has 0 saturated carbocycles. The van der Waals surface area contributed by atoms with Crippen molar-refractivity contribution in [3.05, 3.63) is 30.3 Å². The topological polar surface area (TPSA) is 136 Å². The van der Waals surface area contributed by atoms with E-state index in [1.807, 2.05) is 4.72 Å². The molecule has 4 N–H and O–H groups in total. The zero-order valence-electron chi connectivity index (χ0n) is 13.1. The number of hydrogen-bond acceptors (Lipinski definition) is 6. The fraction of sp³-hybridized carbons (Fsp3) is 0.429. The third-order valence-electron chi connectivity index (χ3n) is 2.78. The Kier molecular flexibility index (Phi) is 5.51. The molecule has 0 heterocycles. The number of nitrogens with two attached hydrogens (primary N) is 1. The second kappa shape index (κ2) is 6.65. The highest BCUT2D eigenvalue weighted by Gasteiger charge is 2.51. The molecular weight excluding hydrogens is 324 g/mol. The third-order valence-corrected chi connectivity index (χ3v) is 4.29. The molecule has 0 radical (unpaired) electrons. The molecule has 1 atom stereocenters. The highest BCUT2D eigenvalue weighted by atomic mass is 32.2. The van der Waals surface area contributed by atoms with Gasteiger partial charge in [-0.25, -0.2) is 18.0 Å². The van der Waals surface area contributed by atoms with E-state index in [0.717, 1.165) is 0 Å². The molecule has 0 saturated heterocycles. The van der Waals surface area contributed by atoms with E-state index in [9.17, 15) is 23.1 Å².